The van der Waals surface area contributed by atoms with Crippen molar-refractivity contribution >= 4 is 19.2 Å². The molecule has 0 radical (unpaired) electrons. The summed E-state index contributed by atoms with van der Waals surface area (Å²) in [5, 5.41) is 32.6. The minimum Gasteiger partial charge on any atom is -0.385 e. The van der Waals surface area contributed by atoms with Gasteiger partial charge >= 0.3 is 7.82 Å². The zero-order valence-electron chi connectivity index (χ0n) is 16.2. The van der Waals surface area contributed by atoms with Gasteiger partial charge in [-0.3, -0.25) is 33.8 Å². The van der Waals surface area contributed by atoms with Gasteiger partial charge in [-0.05, 0) is 49.2 Å². The summed E-state index contributed by atoms with van der Waals surface area (Å²) < 4.78 is 28.7. The normalized spacial score (nSPS) is 13.6. The Labute approximate surface area is 172 Å². The summed E-state index contributed by atoms with van der Waals surface area (Å²) >= 11 is 0. The van der Waals surface area contributed by atoms with Crippen LogP contribution in [0.4, 0.5) is 11.4 Å². The van der Waals surface area contributed by atoms with E-state index in [0.29, 0.717) is 0 Å². The molecule has 12 heteroatoms. The van der Waals surface area contributed by atoms with Gasteiger partial charge in [0.25, 0.3) is 11.4 Å². The summed E-state index contributed by atoms with van der Waals surface area (Å²) in [4.78, 5) is 20.6. The van der Waals surface area contributed by atoms with E-state index in [2.05, 4.69) is 0 Å². The van der Waals surface area contributed by atoms with Crippen LogP contribution in [0.1, 0.15) is 37.2 Å². The van der Waals surface area contributed by atoms with Crippen molar-refractivity contribution in [3.8, 4) is 0 Å². The van der Waals surface area contributed by atoms with Crippen LogP contribution in [0.5, 0.6) is 0 Å². The summed E-state index contributed by atoms with van der Waals surface area (Å²) in [6, 6.07) is 10.2. The SMILES string of the molecule is CCOP(=O)(OCC)O[C@H](c1ccc([N+](=O)[O-])cc1)[C@@H](O)c1ccc([N+](=O)[O-])cc1. The number of nitrogens with zero attached hydrogens (tertiary/aromatic N) is 2. The highest BCUT2D eigenvalue weighted by Crippen LogP contribution is 2.55. The second kappa shape index (κ2) is 10.4. The van der Waals surface area contributed by atoms with E-state index in [1.807, 2.05) is 0 Å². The smallest absolute Gasteiger partial charge is 0.385 e. The zero-order chi connectivity index (χ0) is 22.3. The van der Waals surface area contributed by atoms with Crippen LogP contribution in [0.2, 0.25) is 0 Å². The van der Waals surface area contributed by atoms with E-state index in [4.69, 9.17) is 13.6 Å². The van der Waals surface area contributed by atoms with Crippen molar-refractivity contribution < 1.29 is 33.1 Å². The molecule has 2 aromatic rings. The van der Waals surface area contributed by atoms with Crippen molar-refractivity contribution in [2.75, 3.05) is 13.2 Å². The van der Waals surface area contributed by atoms with E-state index in [0.717, 1.165) is 0 Å². The summed E-state index contributed by atoms with van der Waals surface area (Å²) in [7, 11) is -4.07. The highest BCUT2D eigenvalue weighted by molar-refractivity contribution is 7.48. The first-order chi connectivity index (χ1) is 14.2. The third-order valence-electron chi connectivity index (χ3n) is 3.98. The standard InChI is InChI=1S/C18H21N2O9P/c1-3-27-30(26,28-4-2)29-18(14-7-11-16(12-8-14)20(24)25)17(21)13-5-9-15(10-6-13)19(22)23/h5-12,17-18,21H,3-4H2,1-2H3/t17-,18+/m0/s1. The minimum atomic E-state index is -4.07. The molecule has 162 valence electrons. The van der Waals surface area contributed by atoms with E-state index >= 15 is 0 Å². The second-order valence-electron chi connectivity index (χ2n) is 5.95. The van der Waals surface area contributed by atoms with Gasteiger partial charge in [-0.15, -0.1) is 0 Å². The lowest BCUT2D eigenvalue weighted by Gasteiger charge is -2.27. The Morgan fingerprint density at radius 3 is 1.63 bits per heavy atom. The quantitative estimate of drug-likeness (QED) is 0.303. The molecule has 0 aromatic heterocycles. The summed E-state index contributed by atoms with van der Waals surface area (Å²) in [5.41, 5.74) is 0.155. The van der Waals surface area contributed by atoms with Crippen molar-refractivity contribution in [1.29, 1.82) is 0 Å². The lowest BCUT2D eigenvalue weighted by molar-refractivity contribution is -0.385. The molecule has 11 nitrogen and oxygen atoms in total. The average Bonchev–Trinajstić information content (AvgIpc) is 2.72. The summed E-state index contributed by atoms with van der Waals surface area (Å²) in [6.07, 6.45) is -2.72. The van der Waals surface area contributed by atoms with Crippen LogP contribution in [-0.2, 0) is 18.1 Å². The van der Waals surface area contributed by atoms with Crippen molar-refractivity contribution in [2.24, 2.45) is 0 Å². The molecule has 0 saturated carbocycles. The summed E-state index contributed by atoms with van der Waals surface area (Å²) in [5.74, 6) is 0. The number of hydrogen-bond acceptors (Lipinski definition) is 9. The first-order valence-electron chi connectivity index (χ1n) is 8.95. The van der Waals surface area contributed by atoms with Crippen LogP contribution in [0.15, 0.2) is 48.5 Å². The van der Waals surface area contributed by atoms with Crippen LogP contribution in [0.25, 0.3) is 0 Å². The number of aliphatic hydroxyl groups excluding tert-OH is 1. The van der Waals surface area contributed by atoms with Crippen molar-refractivity contribution in [3.63, 3.8) is 0 Å². The Bertz CT molecular complexity index is 908. The molecule has 0 heterocycles. The molecule has 1 N–H and O–H groups in total. The van der Waals surface area contributed by atoms with Gasteiger partial charge in [-0.2, -0.15) is 0 Å². The zero-order valence-corrected chi connectivity index (χ0v) is 17.1. The molecule has 0 aliphatic carbocycles. The predicted octanol–water partition coefficient (Wildman–Crippen LogP) is 4.48. The third kappa shape index (κ3) is 5.91. The molecule has 30 heavy (non-hydrogen) atoms. The average molecular weight is 440 g/mol. The Kier molecular flexibility index (Phi) is 8.16. The molecule has 2 atom stereocenters. The molecular weight excluding hydrogens is 419 g/mol. The summed E-state index contributed by atoms with van der Waals surface area (Å²) in [6.45, 7) is 3.20. The number of nitro groups is 2. The van der Waals surface area contributed by atoms with Crippen LogP contribution < -0.4 is 0 Å². The Morgan fingerprint density at radius 1 is 0.867 bits per heavy atom. The molecule has 2 rings (SSSR count). The van der Waals surface area contributed by atoms with Crippen LogP contribution in [-0.4, -0.2) is 28.2 Å². The lowest BCUT2D eigenvalue weighted by Crippen LogP contribution is -2.15. The van der Waals surface area contributed by atoms with E-state index < -0.39 is 29.9 Å². The number of non-ortho nitro benzene ring substituents is 2. The van der Waals surface area contributed by atoms with Gasteiger partial charge in [-0.1, -0.05) is 0 Å². The fraction of sp³-hybridized carbons (Fsp3) is 0.333. The largest absolute Gasteiger partial charge is 0.475 e. The van der Waals surface area contributed by atoms with Crippen LogP contribution >= 0.6 is 7.82 Å². The van der Waals surface area contributed by atoms with Gasteiger partial charge in [0.1, 0.15) is 12.2 Å². The number of phosphoric ester groups is 1. The predicted molar refractivity (Wildman–Crippen MR) is 106 cm³/mol. The lowest BCUT2D eigenvalue weighted by atomic mass is 9.98. The van der Waals surface area contributed by atoms with Gasteiger partial charge in [0, 0.05) is 24.3 Å². The van der Waals surface area contributed by atoms with Gasteiger partial charge in [0.15, 0.2) is 0 Å². The number of nitro benzene ring substituents is 2. The Morgan fingerprint density at radius 2 is 1.27 bits per heavy atom. The van der Waals surface area contributed by atoms with Gasteiger partial charge < -0.3 is 5.11 Å². The fourth-order valence-electron chi connectivity index (χ4n) is 2.61. The molecule has 2 aromatic carbocycles. The van der Waals surface area contributed by atoms with Crippen molar-refractivity contribution in [1.82, 2.24) is 0 Å². The van der Waals surface area contributed by atoms with E-state index in [1.54, 1.807) is 13.8 Å². The topological polar surface area (TPSA) is 151 Å². The minimum absolute atomic E-state index is 0.0118. The van der Waals surface area contributed by atoms with Crippen LogP contribution in [0, 0.1) is 20.2 Å². The molecule has 0 bridgehead atoms. The molecule has 0 aliphatic heterocycles. The Hall–Kier alpha value is -2.69. The van der Waals surface area contributed by atoms with E-state index in [-0.39, 0.29) is 35.7 Å². The highest BCUT2D eigenvalue weighted by Gasteiger charge is 2.35. The molecule has 0 amide bonds. The molecule has 0 aliphatic rings. The van der Waals surface area contributed by atoms with E-state index in [9.17, 15) is 29.9 Å². The van der Waals surface area contributed by atoms with Gasteiger partial charge in [0.05, 0.1) is 23.1 Å². The fourth-order valence-corrected chi connectivity index (χ4v) is 3.95. The molecule has 0 unspecified atom stereocenters. The van der Waals surface area contributed by atoms with Crippen molar-refractivity contribution in [3.05, 3.63) is 79.9 Å². The molecule has 0 saturated heterocycles. The number of hydrogen-bond donors (Lipinski definition) is 1. The number of phosphoric acid groups is 1. The van der Waals surface area contributed by atoms with Crippen molar-refractivity contribution in [2.45, 2.75) is 26.1 Å². The van der Waals surface area contributed by atoms with E-state index in [1.165, 1.54) is 48.5 Å². The maximum atomic E-state index is 12.9. The molecular formula is C18H21N2O9P. The van der Waals surface area contributed by atoms with Crippen LogP contribution in [0.3, 0.4) is 0 Å². The molecule has 0 fully saturated rings. The number of rotatable bonds is 11. The second-order valence-corrected chi connectivity index (χ2v) is 7.57. The number of benzene rings is 2. The number of aliphatic hydroxyl groups is 1. The first kappa shape index (κ1) is 23.6. The van der Waals surface area contributed by atoms with Gasteiger partial charge in [-0.25, -0.2) is 4.57 Å². The third-order valence-corrected chi connectivity index (χ3v) is 5.62. The molecule has 0 spiro atoms. The Balaban J connectivity index is 2.44. The maximum absolute atomic E-state index is 12.9. The highest BCUT2D eigenvalue weighted by atomic mass is 31.2. The van der Waals surface area contributed by atoms with Gasteiger partial charge in [0.2, 0.25) is 0 Å². The maximum Gasteiger partial charge on any atom is 0.475 e. The first-order valence-corrected chi connectivity index (χ1v) is 10.4. The monoisotopic (exact) mass is 440 g/mol.